The van der Waals surface area contributed by atoms with E-state index in [1.165, 1.54) is 5.56 Å². The summed E-state index contributed by atoms with van der Waals surface area (Å²) >= 11 is 0. The molecule has 0 saturated carbocycles. The van der Waals surface area contributed by atoms with E-state index in [1.807, 2.05) is 63.2 Å². The Labute approximate surface area is 165 Å². The zero-order valence-electron chi connectivity index (χ0n) is 16.8. The second-order valence-electron chi connectivity index (χ2n) is 6.92. The van der Waals surface area contributed by atoms with Crippen molar-refractivity contribution in [2.75, 3.05) is 20.3 Å². The lowest BCUT2D eigenvalue weighted by Gasteiger charge is -2.21. The molecule has 0 aliphatic rings. The average Bonchev–Trinajstić information content (AvgIpc) is 3.06. The van der Waals surface area contributed by atoms with Gasteiger partial charge in [-0.1, -0.05) is 48.0 Å². The summed E-state index contributed by atoms with van der Waals surface area (Å²) < 4.78 is 5.19. The number of rotatable bonds is 7. The summed E-state index contributed by atoms with van der Waals surface area (Å²) in [5.74, 6) is -0.144. The quantitative estimate of drug-likeness (QED) is 0.631. The number of aromatic nitrogens is 3. The number of carbonyl (C=O) groups excluding carboxylic acids is 1. The van der Waals surface area contributed by atoms with E-state index in [0.717, 1.165) is 16.8 Å². The summed E-state index contributed by atoms with van der Waals surface area (Å²) in [7, 11) is 1.63. The Balaban J connectivity index is 1.89. The number of carbonyl (C=O) groups is 1. The highest BCUT2D eigenvalue weighted by Gasteiger charge is 2.23. The zero-order chi connectivity index (χ0) is 20.1. The summed E-state index contributed by atoms with van der Waals surface area (Å²) in [4.78, 5) is 16.5. The van der Waals surface area contributed by atoms with Gasteiger partial charge in [0.1, 0.15) is 0 Å². The smallest absolute Gasteiger partial charge is 0.276 e. The Hall–Kier alpha value is -2.99. The molecule has 0 spiro atoms. The first-order valence-electron chi connectivity index (χ1n) is 9.33. The average molecular weight is 378 g/mol. The fourth-order valence-corrected chi connectivity index (χ4v) is 3.12. The van der Waals surface area contributed by atoms with E-state index in [-0.39, 0.29) is 5.91 Å². The molecule has 28 heavy (non-hydrogen) atoms. The van der Waals surface area contributed by atoms with E-state index in [1.54, 1.807) is 16.8 Å². The lowest BCUT2D eigenvalue weighted by atomic mass is 10.1. The number of benzene rings is 2. The predicted molar refractivity (Wildman–Crippen MR) is 109 cm³/mol. The van der Waals surface area contributed by atoms with Gasteiger partial charge >= 0.3 is 0 Å². The molecular weight excluding hydrogens is 352 g/mol. The van der Waals surface area contributed by atoms with Crippen LogP contribution in [0.25, 0.3) is 5.69 Å². The lowest BCUT2D eigenvalue weighted by molar-refractivity contribution is 0.0673. The van der Waals surface area contributed by atoms with E-state index < -0.39 is 0 Å². The largest absolute Gasteiger partial charge is 0.383 e. The van der Waals surface area contributed by atoms with Crippen molar-refractivity contribution >= 4 is 5.91 Å². The predicted octanol–water partition coefficient (Wildman–Crippen LogP) is 3.48. The SMILES string of the molecule is COCCN(Cc1ccccc1)C(=O)c1nn(-c2ccc(C)cc2C)nc1C. The summed E-state index contributed by atoms with van der Waals surface area (Å²) in [6.45, 7) is 7.33. The first kappa shape index (κ1) is 19.8. The number of hydrogen-bond donors (Lipinski definition) is 0. The van der Waals surface area contributed by atoms with Crippen LogP contribution in [0.1, 0.15) is 32.9 Å². The van der Waals surface area contributed by atoms with Crippen molar-refractivity contribution in [1.82, 2.24) is 19.9 Å². The second kappa shape index (κ2) is 8.80. The van der Waals surface area contributed by atoms with Gasteiger partial charge in [0.25, 0.3) is 5.91 Å². The number of amides is 1. The highest BCUT2D eigenvalue weighted by atomic mass is 16.5. The maximum absolute atomic E-state index is 13.2. The van der Waals surface area contributed by atoms with E-state index in [4.69, 9.17) is 4.74 Å². The Kier molecular flexibility index (Phi) is 6.21. The van der Waals surface area contributed by atoms with Crippen molar-refractivity contribution in [3.05, 3.63) is 76.6 Å². The van der Waals surface area contributed by atoms with Crippen LogP contribution >= 0.6 is 0 Å². The molecule has 0 unspecified atom stereocenters. The highest BCUT2D eigenvalue weighted by Crippen LogP contribution is 2.17. The molecule has 3 rings (SSSR count). The Morgan fingerprint density at radius 2 is 1.82 bits per heavy atom. The lowest BCUT2D eigenvalue weighted by Crippen LogP contribution is -2.34. The van der Waals surface area contributed by atoms with Crippen LogP contribution in [0.15, 0.2) is 48.5 Å². The van der Waals surface area contributed by atoms with Crippen molar-refractivity contribution in [2.45, 2.75) is 27.3 Å². The van der Waals surface area contributed by atoms with Crippen molar-refractivity contribution in [2.24, 2.45) is 0 Å². The topological polar surface area (TPSA) is 60.2 Å². The van der Waals surface area contributed by atoms with E-state index in [0.29, 0.717) is 31.1 Å². The molecule has 0 aliphatic carbocycles. The molecule has 0 aliphatic heterocycles. The minimum Gasteiger partial charge on any atom is -0.383 e. The van der Waals surface area contributed by atoms with Gasteiger partial charge in [0, 0.05) is 20.2 Å². The van der Waals surface area contributed by atoms with Gasteiger partial charge in [0.2, 0.25) is 0 Å². The van der Waals surface area contributed by atoms with Gasteiger partial charge < -0.3 is 9.64 Å². The molecule has 6 nitrogen and oxygen atoms in total. The fourth-order valence-electron chi connectivity index (χ4n) is 3.12. The molecular formula is C22H26N4O2. The monoisotopic (exact) mass is 378 g/mol. The summed E-state index contributed by atoms with van der Waals surface area (Å²) in [5.41, 5.74) is 5.16. The molecule has 2 aromatic carbocycles. The molecule has 0 N–H and O–H groups in total. The molecule has 0 saturated heterocycles. The summed E-state index contributed by atoms with van der Waals surface area (Å²) in [5, 5.41) is 9.00. The van der Waals surface area contributed by atoms with E-state index in [9.17, 15) is 4.79 Å². The number of methoxy groups -OCH3 is 1. The fraction of sp³-hybridized carbons (Fsp3) is 0.318. The van der Waals surface area contributed by atoms with Crippen molar-refractivity contribution in [3.63, 3.8) is 0 Å². The minimum absolute atomic E-state index is 0.144. The number of hydrogen-bond acceptors (Lipinski definition) is 4. The van der Waals surface area contributed by atoms with Gasteiger partial charge in [0.15, 0.2) is 5.69 Å². The van der Waals surface area contributed by atoms with Gasteiger partial charge in [0.05, 0.1) is 18.0 Å². The molecule has 1 amide bonds. The number of nitrogens with zero attached hydrogens (tertiary/aromatic N) is 4. The molecule has 0 atom stereocenters. The minimum atomic E-state index is -0.144. The Morgan fingerprint density at radius 1 is 1.07 bits per heavy atom. The molecule has 146 valence electrons. The van der Waals surface area contributed by atoms with Gasteiger partial charge in [-0.15, -0.1) is 5.10 Å². The third-order valence-electron chi connectivity index (χ3n) is 4.62. The van der Waals surface area contributed by atoms with Crippen molar-refractivity contribution in [1.29, 1.82) is 0 Å². The van der Waals surface area contributed by atoms with Crippen LogP contribution in [0.2, 0.25) is 0 Å². The van der Waals surface area contributed by atoms with Crippen molar-refractivity contribution < 1.29 is 9.53 Å². The third-order valence-corrected chi connectivity index (χ3v) is 4.62. The van der Waals surface area contributed by atoms with Crippen LogP contribution in [0, 0.1) is 20.8 Å². The first-order valence-corrected chi connectivity index (χ1v) is 9.33. The first-order chi connectivity index (χ1) is 13.5. The van der Waals surface area contributed by atoms with Crippen LogP contribution < -0.4 is 0 Å². The molecule has 6 heteroatoms. The van der Waals surface area contributed by atoms with Gasteiger partial charge in [-0.3, -0.25) is 4.79 Å². The number of aryl methyl sites for hydroxylation is 3. The Bertz CT molecular complexity index is 950. The van der Waals surface area contributed by atoms with Crippen molar-refractivity contribution in [3.8, 4) is 5.69 Å². The zero-order valence-corrected chi connectivity index (χ0v) is 16.8. The van der Waals surface area contributed by atoms with Crippen LogP contribution in [0.3, 0.4) is 0 Å². The molecule has 1 aromatic heterocycles. The summed E-state index contributed by atoms with van der Waals surface area (Å²) in [6.07, 6.45) is 0. The summed E-state index contributed by atoms with van der Waals surface area (Å²) in [6, 6.07) is 16.0. The molecule has 3 aromatic rings. The van der Waals surface area contributed by atoms with E-state index >= 15 is 0 Å². The highest BCUT2D eigenvalue weighted by molar-refractivity contribution is 5.93. The second-order valence-corrected chi connectivity index (χ2v) is 6.92. The molecule has 0 radical (unpaired) electrons. The third kappa shape index (κ3) is 4.46. The van der Waals surface area contributed by atoms with Crippen LogP contribution in [0.4, 0.5) is 0 Å². The van der Waals surface area contributed by atoms with Gasteiger partial charge in [-0.2, -0.15) is 9.90 Å². The van der Waals surface area contributed by atoms with Gasteiger partial charge in [-0.05, 0) is 38.0 Å². The number of ether oxygens (including phenoxy) is 1. The van der Waals surface area contributed by atoms with Gasteiger partial charge in [-0.25, -0.2) is 0 Å². The molecule has 1 heterocycles. The maximum Gasteiger partial charge on any atom is 0.276 e. The molecule has 0 fully saturated rings. The van der Waals surface area contributed by atoms with E-state index in [2.05, 4.69) is 16.3 Å². The molecule has 0 bridgehead atoms. The van der Waals surface area contributed by atoms with Crippen LogP contribution in [-0.2, 0) is 11.3 Å². The van der Waals surface area contributed by atoms with Crippen LogP contribution in [-0.4, -0.2) is 46.1 Å². The Morgan fingerprint density at radius 3 is 2.50 bits per heavy atom. The standard InChI is InChI=1S/C22H26N4O2/c1-16-10-11-20(17(2)14-16)26-23-18(3)21(24-26)22(27)25(12-13-28-4)15-19-8-6-5-7-9-19/h5-11,14H,12-13,15H2,1-4H3. The normalized spacial score (nSPS) is 10.9. The van der Waals surface area contributed by atoms with Crippen LogP contribution in [0.5, 0.6) is 0 Å². The maximum atomic E-state index is 13.2.